The number of carbonyl (C=O) groups excluding carboxylic acids is 1. The number of ether oxygens (including phenoxy) is 4. The Balaban J connectivity index is 1.51. The Kier molecular flexibility index (Phi) is 14.3. The number of aryl methyl sites for hydroxylation is 1. The van der Waals surface area contributed by atoms with E-state index >= 15 is 0 Å². The minimum atomic E-state index is -1.38. The summed E-state index contributed by atoms with van der Waals surface area (Å²) in [5.41, 5.74) is 4.72. The zero-order valence-electron chi connectivity index (χ0n) is 34.8. The number of fused-ring (bicyclic) bond motifs is 2. The molecule has 0 saturated heterocycles. The maximum atomic E-state index is 14.1. The molecule has 2 aromatic carbocycles. The van der Waals surface area contributed by atoms with E-state index in [2.05, 4.69) is 23.7 Å². The molecule has 2 N–H and O–H groups in total. The van der Waals surface area contributed by atoms with E-state index in [1.807, 2.05) is 88.4 Å². The molecule has 2 aliphatic carbocycles. The molecular formula is C47H61N3O8. The SMILES string of the molecule is C=CCO[C@@]12Oc3ccc(OCc4cccc(C)n4)cc3[C@H]3[C@H](CCCCO)[C@@H](CCCCO)C=C(C(=NOC(C)(C)C)C[C@@H]1N(C)C(=O)OCc1ccccc1)[C@H]32. The van der Waals surface area contributed by atoms with Crippen LogP contribution in [0.1, 0.15) is 94.1 Å². The molecule has 1 amide bonds. The number of aliphatic hydroxyl groups is 2. The van der Waals surface area contributed by atoms with Crippen molar-refractivity contribution in [1.82, 2.24) is 9.88 Å². The van der Waals surface area contributed by atoms with Crippen molar-refractivity contribution in [3.8, 4) is 11.5 Å². The molecule has 0 spiro atoms. The fourth-order valence-electron chi connectivity index (χ4n) is 8.80. The number of amides is 1. The van der Waals surface area contributed by atoms with E-state index in [1.165, 1.54) is 0 Å². The number of pyridine rings is 1. The Hall–Kier alpha value is -4.71. The first-order valence-electron chi connectivity index (χ1n) is 20.7. The summed E-state index contributed by atoms with van der Waals surface area (Å²) in [5.74, 6) is -0.465. The van der Waals surface area contributed by atoms with Crippen LogP contribution in [0.15, 0.2) is 96.2 Å². The van der Waals surface area contributed by atoms with Crippen molar-refractivity contribution in [2.75, 3.05) is 26.9 Å². The summed E-state index contributed by atoms with van der Waals surface area (Å²) in [4.78, 5) is 26.6. The fraction of sp³-hybridized carbons (Fsp3) is 0.511. The summed E-state index contributed by atoms with van der Waals surface area (Å²) in [6.45, 7) is 12.7. The molecule has 3 aliphatic rings. The van der Waals surface area contributed by atoms with Gasteiger partial charge in [-0.3, -0.25) is 4.98 Å². The average molecular weight is 796 g/mol. The fourth-order valence-corrected chi connectivity index (χ4v) is 8.80. The lowest BCUT2D eigenvalue weighted by molar-refractivity contribution is -0.253. The molecule has 0 unspecified atom stereocenters. The van der Waals surface area contributed by atoms with Crippen LogP contribution in [0.25, 0.3) is 0 Å². The summed E-state index contributed by atoms with van der Waals surface area (Å²) >= 11 is 0. The van der Waals surface area contributed by atoms with E-state index in [0.29, 0.717) is 30.9 Å². The van der Waals surface area contributed by atoms with Crippen molar-refractivity contribution >= 4 is 11.8 Å². The quantitative estimate of drug-likeness (QED) is 0.0738. The molecule has 6 atom stereocenters. The predicted molar refractivity (Wildman–Crippen MR) is 223 cm³/mol. The maximum absolute atomic E-state index is 14.1. The Morgan fingerprint density at radius 1 is 1.02 bits per heavy atom. The number of aliphatic hydroxyl groups excluding tert-OH is 2. The van der Waals surface area contributed by atoms with Gasteiger partial charge < -0.3 is 38.9 Å². The molecular weight excluding hydrogens is 735 g/mol. The lowest BCUT2D eigenvalue weighted by atomic mass is 9.55. The number of hydrogen-bond donors (Lipinski definition) is 2. The molecule has 1 saturated carbocycles. The molecule has 1 aromatic heterocycles. The number of rotatable bonds is 18. The molecule has 6 rings (SSSR count). The Morgan fingerprint density at radius 3 is 2.48 bits per heavy atom. The van der Waals surface area contributed by atoms with Gasteiger partial charge in [0.1, 0.15) is 36.4 Å². The van der Waals surface area contributed by atoms with Gasteiger partial charge in [-0.25, -0.2) is 4.79 Å². The molecule has 0 radical (unpaired) electrons. The van der Waals surface area contributed by atoms with Gasteiger partial charge in [-0.2, -0.15) is 0 Å². The standard InChI is InChI=1S/C47H61N3O8/c1-7-26-56-47-42(50(6)45(53)55-30-33-17-9-8-10-18-33)29-40(49-58-46(3,4)5)38-27-34(19-11-13-24-51)37(21-12-14-25-52)43(44(38)47)39-28-36(22-23-41(39)57-47)54-31-35-20-15-16-32(2)48-35/h7-10,15-18,20,22-23,27-28,34,37,42-44,51-52H,1,11-14,19,21,24-26,29-31H2,2-6H3/t34-,37+,42-,43+,44+,47+/m0/s1. The minimum Gasteiger partial charge on any atom is -0.487 e. The average Bonchev–Trinajstić information content (AvgIpc) is 3.21. The Morgan fingerprint density at radius 2 is 1.78 bits per heavy atom. The van der Waals surface area contributed by atoms with Crippen LogP contribution in [-0.2, 0) is 27.5 Å². The number of unbranched alkanes of at least 4 members (excludes halogenated alkanes) is 2. The first-order chi connectivity index (χ1) is 28.0. The largest absolute Gasteiger partial charge is 0.487 e. The number of aromatic nitrogens is 1. The predicted octanol–water partition coefficient (Wildman–Crippen LogP) is 8.67. The molecule has 312 valence electrons. The van der Waals surface area contributed by atoms with Gasteiger partial charge >= 0.3 is 6.09 Å². The summed E-state index contributed by atoms with van der Waals surface area (Å²) in [6, 6.07) is 20.8. The summed E-state index contributed by atoms with van der Waals surface area (Å²) in [7, 11) is 1.73. The van der Waals surface area contributed by atoms with E-state index < -0.39 is 29.4 Å². The summed E-state index contributed by atoms with van der Waals surface area (Å²) < 4.78 is 26.6. The molecule has 58 heavy (non-hydrogen) atoms. The molecule has 3 aromatic rings. The van der Waals surface area contributed by atoms with Gasteiger partial charge in [-0.05, 0) is 107 Å². The topological polar surface area (TPSA) is 132 Å². The number of oxime groups is 1. The van der Waals surface area contributed by atoms with Gasteiger partial charge in [-0.15, -0.1) is 6.58 Å². The van der Waals surface area contributed by atoms with Crippen molar-refractivity contribution in [3.63, 3.8) is 0 Å². The maximum Gasteiger partial charge on any atom is 0.410 e. The smallest absolute Gasteiger partial charge is 0.410 e. The van der Waals surface area contributed by atoms with Crippen LogP contribution in [0, 0.1) is 24.7 Å². The first-order valence-corrected chi connectivity index (χ1v) is 20.7. The van der Waals surface area contributed by atoms with Crippen LogP contribution >= 0.6 is 0 Å². The molecule has 11 nitrogen and oxygen atoms in total. The second kappa shape index (κ2) is 19.4. The number of nitrogens with zero attached hydrogens (tertiary/aromatic N) is 3. The van der Waals surface area contributed by atoms with E-state index in [1.54, 1.807) is 18.0 Å². The van der Waals surface area contributed by atoms with E-state index in [0.717, 1.165) is 59.5 Å². The van der Waals surface area contributed by atoms with Gasteiger partial charge in [0.05, 0.1) is 23.9 Å². The lowest BCUT2D eigenvalue weighted by Crippen LogP contribution is -2.69. The third kappa shape index (κ3) is 9.93. The van der Waals surface area contributed by atoms with Crippen molar-refractivity contribution in [2.24, 2.45) is 22.9 Å². The zero-order valence-corrected chi connectivity index (χ0v) is 34.8. The van der Waals surface area contributed by atoms with E-state index in [9.17, 15) is 15.0 Å². The molecule has 0 bridgehead atoms. The van der Waals surface area contributed by atoms with Gasteiger partial charge in [0.25, 0.3) is 0 Å². The van der Waals surface area contributed by atoms with E-state index in [-0.39, 0.29) is 50.6 Å². The second-order valence-electron chi connectivity index (χ2n) is 16.7. The third-order valence-electron chi connectivity index (χ3n) is 11.4. The molecule has 2 heterocycles. The lowest BCUT2D eigenvalue weighted by Gasteiger charge is -2.59. The van der Waals surface area contributed by atoms with E-state index in [4.69, 9.17) is 28.9 Å². The van der Waals surface area contributed by atoms with Gasteiger partial charge in [0.15, 0.2) is 0 Å². The van der Waals surface area contributed by atoms with Crippen LogP contribution in [0.5, 0.6) is 11.5 Å². The van der Waals surface area contributed by atoms with Crippen molar-refractivity contribution in [2.45, 2.75) is 109 Å². The van der Waals surface area contributed by atoms with Crippen LogP contribution in [-0.4, -0.2) is 76.2 Å². The zero-order chi connectivity index (χ0) is 41.3. The minimum absolute atomic E-state index is 0.0842. The third-order valence-corrected chi connectivity index (χ3v) is 11.4. The number of carbonyl (C=O) groups is 1. The Labute approximate surface area is 343 Å². The molecule has 11 heteroatoms. The first kappa shape index (κ1) is 42.9. The number of allylic oxidation sites excluding steroid dienone is 1. The monoisotopic (exact) mass is 795 g/mol. The van der Waals surface area contributed by atoms with Crippen LogP contribution < -0.4 is 9.47 Å². The van der Waals surface area contributed by atoms with Crippen LogP contribution in [0.4, 0.5) is 4.79 Å². The highest BCUT2D eigenvalue weighted by atomic mass is 16.7. The number of benzene rings is 2. The number of likely N-dealkylation sites (N-methyl/N-ethyl adjacent to an activating group) is 1. The van der Waals surface area contributed by atoms with Crippen LogP contribution in [0.2, 0.25) is 0 Å². The van der Waals surface area contributed by atoms with Gasteiger partial charge in [-0.1, -0.05) is 66.5 Å². The van der Waals surface area contributed by atoms with Crippen LogP contribution in [0.3, 0.4) is 0 Å². The van der Waals surface area contributed by atoms with Gasteiger partial charge in [0.2, 0.25) is 5.79 Å². The van der Waals surface area contributed by atoms with Gasteiger partial charge in [0, 0.05) is 43.9 Å². The van der Waals surface area contributed by atoms with Crippen molar-refractivity contribution in [1.29, 1.82) is 0 Å². The summed E-state index contributed by atoms with van der Waals surface area (Å²) in [6.07, 6.45) is 8.51. The molecule has 1 aliphatic heterocycles. The second-order valence-corrected chi connectivity index (χ2v) is 16.7. The van der Waals surface area contributed by atoms with Crippen molar-refractivity contribution < 1.29 is 38.8 Å². The molecule has 1 fully saturated rings. The number of hydrogen-bond acceptors (Lipinski definition) is 10. The van der Waals surface area contributed by atoms with Crippen molar-refractivity contribution in [3.05, 3.63) is 114 Å². The Bertz CT molecular complexity index is 1910. The highest BCUT2D eigenvalue weighted by Gasteiger charge is 2.65. The summed E-state index contributed by atoms with van der Waals surface area (Å²) in [5, 5.41) is 24.6. The highest BCUT2D eigenvalue weighted by Crippen LogP contribution is 2.62. The normalized spacial score (nSPS) is 24.2. The highest BCUT2D eigenvalue weighted by molar-refractivity contribution is 6.03.